The van der Waals surface area contributed by atoms with Gasteiger partial charge in [-0.1, -0.05) is 32.4 Å². The summed E-state index contributed by atoms with van der Waals surface area (Å²) in [4.78, 5) is 12.2. The largest absolute Gasteiger partial charge is 0.349 e. The molecule has 0 fully saturated rings. The zero-order valence-corrected chi connectivity index (χ0v) is 12.8. The minimum Gasteiger partial charge on any atom is -0.349 e. The quantitative estimate of drug-likeness (QED) is 0.809. The molecule has 0 unspecified atom stereocenters. The van der Waals surface area contributed by atoms with Crippen molar-refractivity contribution >= 4 is 17.5 Å². The van der Waals surface area contributed by atoms with Gasteiger partial charge in [-0.15, -0.1) is 0 Å². The van der Waals surface area contributed by atoms with Gasteiger partial charge in [-0.3, -0.25) is 4.79 Å². The number of nitrogens with two attached hydrogens (primary N) is 1. The van der Waals surface area contributed by atoms with Gasteiger partial charge >= 0.3 is 0 Å². The van der Waals surface area contributed by atoms with Crippen LogP contribution < -0.4 is 11.1 Å². The molecule has 108 valence electrons. The summed E-state index contributed by atoms with van der Waals surface area (Å²) in [5.74, 6) is -0.114. The number of hydrogen-bond acceptors (Lipinski definition) is 2. The molecule has 3 N–H and O–H groups in total. The molecule has 1 amide bonds. The van der Waals surface area contributed by atoms with E-state index in [2.05, 4.69) is 12.2 Å². The van der Waals surface area contributed by atoms with Crippen molar-refractivity contribution < 1.29 is 4.79 Å². The first-order valence-electron chi connectivity index (χ1n) is 6.88. The van der Waals surface area contributed by atoms with E-state index in [4.69, 9.17) is 17.3 Å². The molecule has 1 aromatic heterocycles. The lowest BCUT2D eigenvalue weighted by molar-refractivity contribution is 0.0932. The maximum atomic E-state index is 12.2. The molecule has 0 saturated carbocycles. The molecule has 0 aromatic carbocycles. The van der Waals surface area contributed by atoms with Crippen molar-refractivity contribution in [3.05, 3.63) is 23.0 Å². The van der Waals surface area contributed by atoms with Crippen molar-refractivity contribution in [3.63, 3.8) is 0 Å². The molecule has 19 heavy (non-hydrogen) atoms. The second-order valence-corrected chi connectivity index (χ2v) is 5.43. The number of amides is 1. The molecule has 0 aliphatic rings. The van der Waals surface area contributed by atoms with E-state index >= 15 is 0 Å². The molecule has 0 aliphatic carbocycles. The lowest BCUT2D eigenvalue weighted by Gasteiger charge is -2.26. The molecule has 1 aromatic rings. The summed E-state index contributed by atoms with van der Waals surface area (Å²) in [6, 6.07) is 1.70. The van der Waals surface area contributed by atoms with Crippen LogP contribution in [0, 0.1) is 0 Å². The van der Waals surface area contributed by atoms with Crippen molar-refractivity contribution in [1.29, 1.82) is 0 Å². The molecular weight excluding hydrogens is 262 g/mol. The van der Waals surface area contributed by atoms with E-state index in [1.807, 2.05) is 18.4 Å². The first-order valence-corrected chi connectivity index (χ1v) is 7.26. The number of hydrogen-bond donors (Lipinski definition) is 2. The average molecular weight is 286 g/mol. The van der Waals surface area contributed by atoms with Gasteiger partial charge in [0.1, 0.15) is 5.69 Å². The maximum Gasteiger partial charge on any atom is 0.268 e. The Bertz CT molecular complexity index is 424. The maximum absolute atomic E-state index is 12.2. The molecule has 0 bridgehead atoms. The number of nitrogens with zero attached hydrogens (tertiary/aromatic N) is 1. The van der Waals surface area contributed by atoms with E-state index < -0.39 is 0 Å². The highest BCUT2D eigenvalue weighted by molar-refractivity contribution is 6.31. The highest BCUT2D eigenvalue weighted by Crippen LogP contribution is 2.15. The predicted molar refractivity (Wildman–Crippen MR) is 79.6 cm³/mol. The highest BCUT2D eigenvalue weighted by atomic mass is 35.5. The molecule has 1 rings (SSSR count). The van der Waals surface area contributed by atoms with E-state index in [1.165, 1.54) is 0 Å². The van der Waals surface area contributed by atoms with Crippen LogP contribution in [0.2, 0.25) is 5.02 Å². The minimum absolute atomic E-state index is 0.114. The lowest BCUT2D eigenvalue weighted by atomic mass is 9.94. The number of halogens is 1. The van der Waals surface area contributed by atoms with E-state index in [0.717, 1.165) is 25.8 Å². The van der Waals surface area contributed by atoms with E-state index in [-0.39, 0.29) is 11.4 Å². The normalized spacial score (nSPS) is 11.6. The highest BCUT2D eigenvalue weighted by Gasteiger charge is 2.22. The molecule has 0 saturated heterocycles. The van der Waals surface area contributed by atoms with E-state index in [9.17, 15) is 4.79 Å². The Morgan fingerprint density at radius 2 is 2.05 bits per heavy atom. The summed E-state index contributed by atoms with van der Waals surface area (Å²) in [5, 5.41) is 3.50. The van der Waals surface area contributed by atoms with Crippen molar-refractivity contribution in [2.75, 3.05) is 6.54 Å². The van der Waals surface area contributed by atoms with Gasteiger partial charge in [0.2, 0.25) is 0 Å². The van der Waals surface area contributed by atoms with Crippen LogP contribution in [-0.2, 0) is 6.54 Å². The Morgan fingerprint density at radius 1 is 1.42 bits per heavy atom. The fraction of sp³-hybridized carbons (Fsp3) is 0.643. The van der Waals surface area contributed by atoms with Gasteiger partial charge in [0.05, 0.1) is 5.02 Å². The summed E-state index contributed by atoms with van der Waals surface area (Å²) >= 11 is 5.96. The summed E-state index contributed by atoms with van der Waals surface area (Å²) < 4.78 is 1.88. The SMILES string of the molecule is CCCn1cc(Cl)cc1C(=O)NCC(N)(CC)CC. The van der Waals surface area contributed by atoms with E-state index in [0.29, 0.717) is 17.3 Å². The van der Waals surface area contributed by atoms with E-state index in [1.54, 1.807) is 12.3 Å². The Labute approximate surface area is 120 Å². The van der Waals surface area contributed by atoms with Crippen LogP contribution in [0.25, 0.3) is 0 Å². The number of carbonyl (C=O) groups is 1. The van der Waals surface area contributed by atoms with Gasteiger partial charge in [0, 0.05) is 24.8 Å². The van der Waals surface area contributed by atoms with Crippen LogP contribution in [0.3, 0.4) is 0 Å². The number of aromatic nitrogens is 1. The van der Waals surface area contributed by atoms with Gasteiger partial charge in [-0.05, 0) is 25.3 Å². The monoisotopic (exact) mass is 285 g/mol. The minimum atomic E-state index is -0.332. The van der Waals surface area contributed by atoms with Crippen LogP contribution in [0.4, 0.5) is 0 Å². The molecule has 0 aliphatic heterocycles. The average Bonchev–Trinajstić information content (AvgIpc) is 2.77. The second kappa shape index (κ2) is 6.96. The number of carbonyl (C=O) groups excluding carboxylic acids is 1. The van der Waals surface area contributed by atoms with Gasteiger partial charge in [-0.25, -0.2) is 0 Å². The molecule has 0 radical (unpaired) electrons. The van der Waals surface area contributed by atoms with Crippen molar-refractivity contribution in [3.8, 4) is 0 Å². The number of nitrogens with one attached hydrogen (secondary N) is 1. The Balaban J connectivity index is 2.73. The fourth-order valence-corrected chi connectivity index (χ4v) is 2.16. The molecule has 0 atom stereocenters. The Kier molecular flexibility index (Phi) is 5.88. The van der Waals surface area contributed by atoms with Crippen molar-refractivity contribution in [2.45, 2.75) is 52.1 Å². The second-order valence-electron chi connectivity index (χ2n) is 4.99. The van der Waals surface area contributed by atoms with Gasteiger partial charge in [0.15, 0.2) is 0 Å². The third-order valence-electron chi connectivity index (χ3n) is 3.57. The zero-order chi connectivity index (χ0) is 14.5. The molecule has 4 nitrogen and oxygen atoms in total. The Morgan fingerprint density at radius 3 is 2.58 bits per heavy atom. The standard InChI is InChI=1S/C14H24ClN3O/c1-4-7-18-9-11(15)8-12(18)13(19)17-10-14(16,5-2)6-3/h8-9H,4-7,10,16H2,1-3H3,(H,17,19). The summed E-state index contributed by atoms with van der Waals surface area (Å²) in [6.45, 7) is 7.39. The van der Waals surface area contributed by atoms with Crippen LogP contribution in [0.15, 0.2) is 12.3 Å². The summed E-state index contributed by atoms with van der Waals surface area (Å²) in [7, 11) is 0. The molecular formula is C14H24ClN3O. The molecule has 1 heterocycles. The van der Waals surface area contributed by atoms with Crippen LogP contribution in [0.5, 0.6) is 0 Å². The summed E-state index contributed by atoms with van der Waals surface area (Å²) in [6.07, 6.45) is 4.41. The molecule has 0 spiro atoms. The van der Waals surface area contributed by atoms with Crippen LogP contribution in [0.1, 0.15) is 50.5 Å². The van der Waals surface area contributed by atoms with Crippen LogP contribution in [-0.4, -0.2) is 22.6 Å². The predicted octanol–water partition coefficient (Wildman–Crippen LogP) is 2.80. The number of aryl methyl sites for hydroxylation is 1. The Hall–Kier alpha value is -1.00. The number of rotatable bonds is 7. The third-order valence-corrected chi connectivity index (χ3v) is 3.78. The first kappa shape index (κ1) is 16.1. The topological polar surface area (TPSA) is 60.0 Å². The van der Waals surface area contributed by atoms with Crippen LogP contribution >= 0.6 is 11.6 Å². The van der Waals surface area contributed by atoms with Gasteiger partial charge in [0.25, 0.3) is 5.91 Å². The smallest absolute Gasteiger partial charge is 0.268 e. The third kappa shape index (κ3) is 4.25. The van der Waals surface area contributed by atoms with Gasteiger partial charge < -0.3 is 15.6 Å². The van der Waals surface area contributed by atoms with Crippen molar-refractivity contribution in [1.82, 2.24) is 9.88 Å². The fourth-order valence-electron chi connectivity index (χ4n) is 1.94. The zero-order valence-electron chi connectivity index (χ0n) is 12.0. The van der Waals surface area contributed by atoms with Gasteiger partial charge in [-0.2, -0.15) is 0 Å². The lowest BCUT2D eigenvalue weighted by Crippen LogP contribution is -2.49. The summed E-state index contributed by atoms with van der Waals surface area (Å²) in [5.41, 5.74) is 6.44. The molecule has 5 heteroatoms. The van der Waals surface area contributed by atoms with Crippen molar-refractivity contribution in [2.24, 2.45) is 5.73 Å². The first-order chi connectivity index (χ1) is 8.95.